The summed E-state index contributed by atoms with van der Waals surface area (Å²) in [6, 6.07) is 11.5. The number of anilines is 2. The fourth-order valence-corrected chi connectivity index (χ4v) is 3.96. The molecule has 1 fully saturated rings. The molecule has 2 aromatic rings. The summed E-state index contributed by atoms with van der Waals surface area (Å²) in [7, 11) is 0. The summed E-state index contributed by atoms with van der Waals surface area (Å²) in [4.78, 5) is 11.7. The van der Waals surface area contributed by atoms with Crippen LogP contribution in [0.3, 0.4) is 0 Å². The highest BCUT2D eigenvalue weighted by Crippen LogP contribution is 2.47. The van der Waals surface area contributed by atoms with Crippen LogP contribution < -0.4 is 10.2 Å². The molecule has 4 nitrogen and oxygen atoms in total. The second-order valence-electron chi connectivity index (χ2n) is 6.26. The van der Waals surface area contributed by atoms with E-state index in [2.05, 4.69) is 52.5 Å². The van der Waals surface area contributed by atoms with Crippen molar-refractivity contribution in [2.75, 3.05) is 23.3 Å². The standard InChI is InChI=1S/C18H22N4/c1-3-19-17-10-18(21-12(2)20-17)22-11-13-8-9-16(22)15-7-5-4-6-14(13)15/h4-7,10,13,16H,3,8-9,11H2,1-2H3,(H,19,20,21)/t13-,16+/m1/s1. The van der Waals surface area contributed by atoms with E-state index >= 15 is 0 Å². The maximum Gasteiger partial charge on any atom is 0.134 e. The Morgan fingerprint density at radius 3 is 2.82 bits per heavy atom. The van der Waals surface area contributed by atoms with Gasteiger partial charge in [-0.3, -0.25) is 0 Å². The molecular formula is C18H22N4. The third-order valence-electron chi connectivity index (χ3n) is 4.85. The molecule has 22 heavy (non-hydrogen) atoms. The quantitative estimate of drug-likeness (QED) is 0.938. The number of hydrogen-bond donors (Lipinski definition) is 1. The summed E-state index contributed by atoms with van der Waals surface area (Å²) in [5.74, 6) is 3.47. The zero-order valence-electron chi connectivity index (χ0n) is 13.2. The predicted molar refractivity (Wildman–Crippen MR) is 89.4 cm³/mol. The summed E-state index contributed by atoms with van der Waals surface area (Å²) in [5.41, 5.74) is 3.04. The smallest absolute Gasteiger partial charge is 0.134 e. The molecule has 1 N–H and O–H groups in total. The lowest BCUT2D eigenvalue weighted by atomic mass is 9.75. The molecule has 1 aromatic heterocycles. The first-order valence-corrected chi connectivity index (χ1v) is 8.21. The van der Waals surface area contributed by atoms with Gasteiger partial charge in [-0.15, -0.1) is 0 Å². The van der Waals surface area contributed by atoms with E-state index in [0.717, 1.165) is 30.5 Å². The van der Waals surface area contributed by atoms with Crippen molar-refractivity contribution in [2.45, 2.75) is 38.6 Å². The van der Waals surface area contributed by atoms with Crippen LogP contribution in [0.2, 0.25) is 0 Å². The molecule has 114 valence electrons. The van der Waals surface area contributed by atoms with E-state index < -0.39 is 0 Å². The van der Waals surface area contributed by atoms with Crippen LogP contribution in [0.15, 0.2) is 30.3 Å². The Morgan fingerprint density at radius 1 is 1.18 bits per heavy atom. The van der Waals surface area contributed by atoms with Gasteiger partial charge in [0.05, 0.1) is 6.04 Å². The van der Waals surface area contributed by atoms with E-state index in [1.54, 1.807) is 5.56 Å². The Hall–Kier alpha value is -2.10. The Balaban J connectivity index is 1.73. The molecular weight excluding hydrogens is 272 g/mol. The minimum atomic E-state index is 0.463. The van der Waals surface area contributed by atoms with Gasteiger partial charge in [0, 0.05) is 25.1 Å². The van der Waals surface area contributed by atoms with Gasteiger partial charge < -0.3 is 10.2 Å². The lowest BCUT2D eigenvalue weighted by Gasteiger charge is -2.47. The molecule has 0 unspecified atom stereocenters. The molecule has 0 amide bonds. The first kappa shape index (κ1) is 13.6. The van der Waals surface area contributed by atoms with E-state index in [4.69, 9.17) is 4.98 Å². The molecule has 4 heteroatoms. The van der Waals surface area contributed by atoms with Gasteiger partial charge >= 0.3 is 0 Å². The molecule has 1 saturated heterocycles. The van der Waals surface area contributed by atoms with E-state index in [9.17, 15) is 0 Å². The molecule has 2 bridgehead atoms. The normalized spacial score (nSPS) is 22.5. The third kappa shape index (κ3) is 2.14. The number of aromatic nitrogens is 2. The van der Waals surface area contributed by atoms with Crippen LogP contribution in [-0.2, 0) is 0 Å². The van der Waals surface area contributed by atoms with E-state index in [0.29, 0.717) is 12.0 Å². The van der Waals surface area contributed by atoms with Gasteiger partial charge in [-0.2, -0.15) is 0 Å². The van der Waals surface area contributed by atoms with Crippen LogP contribution in [0, 0.1) is 6.92 Å². The third-order valence-corrected chi connectivity index (χ3v) is 4.85. The zero-order chi connectivity index (χ0) is 15.1. The highest BCUT2D eigenvalue weighted by atomic mass is 15.2. The van der Waals surface area contributed by atoms with Crippen LogP contribution >= 0.6 is 0 Å². The maximum absolute atomic E-state index is 4.71. The van der Waals surface area contributed by atoms with Crippen molar-refractivity contribution in [3.05, 3.63) is 47.3 Å². The number of piperidine rings is 1. The van der Waals surface area contributed by atoms with Crippen LogP contribution in [0.4, 0.5) is 11.6 Å². The first-order valence-electron chi connectivity index (χ1n) is 8.21. The maximum atomic E-state index is 4.71. The second-order valence-corrected chi connectivity index (χ2v) is 6.26. The minimum Gasteiger partial charge on any atom is -0.370 e. The van der Waals surface area contributed by atoms with Gasteiger partial charge in [-0.25, -0.2) is 9.97 Å². The molecule has 1 aromatic carbocycles. The van der Waals surface area contributed by atoms with Gasteiger partial charge in [0.2, 0.25) is 0 Å². The van der Waals surface area contributed by atoms with Crippen molar-refractivity contribution in [3.8, 4) is 0 Å². The Bertz CT molecular complexity index is 697. The van der Waals surface area contributed by atoms with Crippen molar-refractivity contribution >= 4 is 11.6 Å². The highest BCUT2D eigenvalue weighted by molar-refractivity contribution is 5.55. The number of hydrogen-bond acceptors (Lipinski definition) is 4. The number of aryl methyl sites for hydroxylation is 1. The van der Waals surface area contributed by atoms with E-state index in [-0.39, 0.29) is 0 Å². The topological polar surface area (TPSA) is 41.0 Å². The lowest BCUT2D eigenvalue weighted by Crippen LogP contribution is -2.43. The zero-order valence-corrected chi connectivity index (χ0v) is 13.2. The Labute approximate surface area is 131 Å². The van der Waals surface area contributed by atoms with Crippen molar-refractivity contribution < 1.29 is 0 Å². The van der Waals surface area contributed by atoms with Gasteiger partial charge in [-0.05, 0) is 37.8 Å². The first-order chi connectivity index (χ1) is 10.8. The van der Waals surface area contributed by atoms with Gasteiger partial charge in [-0.1, -0.05) is 24.3 Å². The molecule has 0 radical (unpaired) electrons. The lowest BCUT2D eigenvalue weighted by molar-refractivity contribution is 0.387. The van der Waals surface area contributed by atoms with Crippen molar-refractivity contribution in [1.29, 1.82) is 0 Å². The molecule has 1 aliphatic carbocycles. The number of nitrogens with one attached hydrogen (secondary N) is 1. The van der Waals surface area contributed by atoms with Gasteiger partial charge in [0.1, 0.15) is 17.5 Å². The number of rotatable bonds is 3. The fraction of sp³-hybridized carbons (Fsp3) is 0.444. The molecule has 0 spiro atoms. The average molecular weight is 294 g/mol. The largest absolute Gasteiger partial charge is 0.370 e. The Morgan fingerprint density at radius 2 is 2.00 bits per heavy atom. The monoisotopic (exact) mass is 294 g/mol. The summed E-state index contributed by atoms with van der Waals surface area (Å²) in [5, 5.41) is 3.31. The highest BCUT2D eigenvalue weighted by Gasteiger charge is 2.38. The van der Waals surface area contributed by atoms with Gasteiger partial charge in [0.15, 0.2) is 0 Å². The minimum absolute atomic E-state index is 0.463. The molecule has 2 atom stereocenters. The average Bonchev–Trinajstić information content (AvgIpc) is 2.55. The Kier molecular flexibility index (Phi) is 3.25. The van der Waals surface area contributed by atoms with Crippen LogP contribution in [0.5, 0.6) is 0 Å². The molecule has 2 aliphatic heterocycles. The molecule has 3 aliphatic rings. The summed E-state index contributed by atoms with van der Waals surface area (Å²) in [6.07, 6.45) is 2.52. The summed E-state index contributed by atoms with van der Waals surface area (Å²) >= 11 is 0. The predicted octanol–water partition coefficient (Wildman–Crippen LogP) is 3.66. The van der Waals surface area contributed by atoms with Crippen molar-refractivity contribution in [2.24, 2.45) is 0 Å². The summed E-state index contributed by atoms with van der Waals surface area (Å²) in [6.45, 7) is 6.02. The summed E-state index contributed by atoms with van der Waals surface area (Å²) < 4.78 is 0. The fourth-order valence-electron chi connectivity index (χ4n) is 3.96. The van der Waals surface area contributed by atoms with E-state index in [1.807, 2.05) is 6.92 Å². The van der Waals surface area contributed by atoms with Crippen LogP contribution in [0.25, 0.3) is 0 Å². The van der Waals surface area contributed by atoms with Crippen LogP contribution in [-0.4, -0.2) is 23.1 Å². The van der Waals surface area contributed by atoms with Crippen molar-refractivity contribution in [3.63, 3.8) is 0 Å². The SMILES string of the molecule is CCNc1cc(N2C[C@H]3CC[C@H]2c2ccccc23)nc(C)n1. The van der Waals surface area contributed by atoms with Crippen molar-refractivity contribution in [1.82, 2.24) is 9.97 Å². The molecule has 3 heterocycles. The molecule has 5 rings (SSSR count). The van der Waals surface area contributed by atoms with Crippen LogP contribution in [0.1, 0.15) is 48.7 Å². The number of fused-ring (bicyclic) bond motifs is 2. The molecule has 0 saturated carbocycles. The number of benzene rings is 1. The van der Waals surface area contributed by atoms with Gasteiger partial charge in [0.25, 0.3) is 0 Å². The van der Waals surface area contributed by atoms with E-state index in [1.165, 1.54) is 18.4 Å². The number of nitrogens with zero attached hydrogens (tertiary/aromatic N) is 3. The second kappa shape index (κ2) is 5.27.